The van der Waals surface area contributed by atoms with Gasteiger partial charge in [-0.25, -0.2) is 0 Å². The minimum atomic E-state index is -0.195. The van der Waals surface area contributed by atoms with Crippen LogP contribution in [-0.2, 0) is 17.6 Å². The summed E-state index contributed by atoms with van der Waals surface area (Å²) >= 11 is 0. The van der Waals surface area contributed by atoms with Gasteiger partial charge in [0.2, 0.25) is 11.8 Å². The summed E-state index contributed by atoms with van der Waals surface area (Å²) in [6.07, 6.45) is 1.30. The quantitative estimate of drug-likeness (QED) is 0.870. The topological polar surface area (TPSA) is 80.0 Å². The summed E-state index contributed by atoms with van der Waals surface area (Å²) in [5.74, 6) is 1.16. The van der Waals surface area contributed by atoms with Crippen molar-refractivity contribution in [2.75, 3.05) is 11.9 Å². The minimum absolute atomic E-state index is 0.00131. The Bertz CT molecular complexity index is 598. The maximum atomic E-state index is 12.1. The lowest BCUT2D eigenvalue weighted by molar-refractivity contribution is -0.121. The molecule has 0 bridgehead atoms. The van der Waals surface area contributed by atoms with Crippen LogP contribution >= 0.6 is 0 Å². The summed E-state index contributed by atoms with van der Waals surface area (Å²) in [5, 5.41) is 9.91. The molecule has 2 aromatic rings. The number of fused-ring (bicyclic) bond motifs is 1. The fourth-order valence-electron chi connectivity index (χ4n) is 2.32. The number of benzene rings is 1. The molecule has 104 valence electrons. The van der Waals surface area contributed by atoms with E-state index >= 15 is 0 Å². The lowest BCUT2D eigenvalue weighted by Gasteiger charge is -2.11. The number of carbonyl (C=O) groups is 1. The van der Waals surface area contributed by atoms with Crippen molar-refractivity contribution in [3.05, 3.63) is 41.5 Å². The molecular formula is C14H16N4O2. The van der Waals surface area contributed by atoms with Crippen LogP contribution in [0.15, 0.2) is 28.8 Å². The Morgan fingerprint density at radius 3 is 3.10 bits per heavy atom. The van der Waals surface area contributed by atoms with Gasteiger partial charge in [-0.05, 0) is 11.6 Å². The predicted molar refractivity (Wildman–Crippen MR) is 73.3 cm³/mol. The first-order chi connectivity index (χ1) is 9.72. The number of nitrogens with one attached hydrogen (secondary N) is 2. The lowest BCUT2D eigenvalue weighted by atomic mass is 10.1. The zero-order valence-corrected chi connectivity index (χ0v) is 11.2. The van der Waals surface area contributed by atoms with Crippen LogP contribution in [0, 0.1) is 6.92 Å². The number of aryl methyl sites for hydroxylation is 1. The summed E-state index contributed by atoms with van der Waals surface area (Å²) in [6.45, 7) is 2.25. The number of anilines is 1. The van der Waals surface area contributed by atoms with Crippen molar-refractivity contribution in [1.82, 2.24) is 15.5 Å². The second kappa shape index (κ2) is 5.32. The first kappa shape index (κ1) is 12.7. The summed E-state index contributed by atoms with van der Waals surface area (Å²) in [4.78, 5) is 16.2. The van der Waals surface area contributed by atoms with Gasteiger partial charge in [0.15, 0.2) is 5.82 Å². The van der Waals surface area contributed by atoms with E-state index in [1.165, 1.54) is 5.56 Å². The Morgan fingerprint density at radius 2 is 2.35 bits per heavy atom. The molecule has 0 fully saturated rings. The Kier molecular flexibility index (Phi) is 3.37. The molecule has 1 aromatic carbocycles. The third-order valence-electron chi connectivity index (χ3n) is 3.31. The molecule has 0 aliphatic carbocycles. The standard InChI is InChI=1S/C14H16N4O2/c1-9-16-13(18-20-9)6-7-15-14(19)12-8-10-4-2-3-5-11(10)17-12/h2-5,12,17H,6-8H2,1H3,(H,15,19). The maximum Gasteiger partial charge on any atom is 0.242 e. The second-order valence-corrected chi connectivity index (χ2v) is 4.83. The average Bonchev–Trinajstić information content (AvgIpc) is 3.04. The summed E-state index contributed by atoms with van der Waals surface area (Å²) in [7, 11) is 0. The van der Waals surface area contributed by atoms with Crippen molar-refractivity contribution in [2.24, 2.45) is 0 Å². The smallest absolute Gasteiger partial charge is 0.242 e. The Labute approximate surface area is 116 Å². The van der Waals surface area contributed by atoms with Gasteiger partial charge in [0, 0.05) is 32.0 Å². The number of carbonyl (C=O) groups excluding carboxylic acids is 1. The number of hydrogen-bond acceptors (Lipinski definition) is 5. The van der Waals surface area contributed by atoms with Gasteiger partial charge in [0.05, 0.1) is 0 Å². The maximum absolute atomic E-state index is 12.1. The van der Waals surface area contributed by atoms with Gasteiger partial charge in [-0.1, -0.05) is 23.4 Å². The van der Waals surface area contributed by atoms with Crippen LogP contribution in [0.4, 0.5) is 5.69 Å². The Balaban J connectivity index is 1.49. The van der Waals surface area contributed by atoms with Crippen molar-refractivity contribution in [2.45, 2.75) is 25.8 Å². The average molecular weight is 272 g/mol. The summed E-state index contributed by atoms with van der Waals surface area (Å²) < 4.78 is 4.88. The van der Waals surface area contributed by atoms with E-state index in [9.17, 15) is 4.79 Å². The van der Waals surface area contributed by atoms with Gasteiger partial charge < -0.3 is 15.2 Å². The van der Waals surface area contributed by atoms with Gasteiger partial charge in [-0.15, -0.1) is 0 Å². The van der Waals surface area contributed by atoms with Gasteiger partial charge >= 0.3 is 0 Å². The van der Waals surface area contributed by atoms with Gasteiger partial charge in [0.1, 0.15) is 6.04 Å². The first-order valence-electron chi connectivity index (χ1n) is 6.64. The van der Waals surface area contributed by atoms with Crippen LogP contribution in [-0.4, -0.2) is 28.6 Å². The normalized spacial score (nSPS) is 16.6. The predicted octanol–water partition coefficient (Wildman–Crippen LogP) is 1.07. The van der Waals surface area contributed by atoms with E-state index in [1.807, 2.05) is 24.3 Å². The molecule has 1 unspecified atom stereocenters. The number of rotatable bonds is 4. The molecule has 1 aromatic heterocycles. The molecule has 1 aliphatic rings. The van der Waals surface area contributed by atoms with Crippen molar-refractivity contribution < 1.29 is 9.32 Å². The first-order valence-corrected chi connectivity index (χ1v) is 6.64. The molecule has 2 N–H and O–H groups in total. The highest BCUT2D eigenvalue weighted by Gasteiger charge is 2.25. The van der Waals surface area contributed by atoms with E-state index in [4.69, 9.17) is 4.52 Å². The number of aromatic nitrogens is 2. The van der Waals surface area contributed by atoms with E-state index in [0.717, 1.165) is 12.1 Å². The fraction of sp³-hybridized carbons (Fsp3) is 0.357. The number of para-hydroxylation sites is 1. The van der Waals surface area contributed by atoms with E-state index in [0.29, 0.717) is 24.7 Å². The fourth-order valence-corrected chi connectivity index (χ4v) is 2.32. The van der Waals surface area contributed by atoms with E-state index in [1.54, 1.807) is 6.92 Å². The van der Waals surface area contributed by atoms with E-state index in [-0.39, 0.29) is 11.9 Å². The SMILES string of the molecule is Cc1nc(CCNC(=O)C2Cc3ccccc3N2)no1. The van der Waals surface area contributed by atoms with Gasteiger partial charge in [-0.3, -0.25) is 4.79 Å². The minimum Gasteiger partial charge on any atom is -0.373 e. The molecule has 20 heavy (non-hydrogen) atoms. The molecule has 0 radical (unpaired) electrons. The molecule has 3 rings (SSSR count). The van der Waals surface area contributed by atoms with Crippen LogP contribution in [0.3, 0.4) is 0 Å². The van der Waals surface area contributed by atoms with Crippen LogP contribution < -0.4 is 10.6 Å². The molecule has 1 atom stereocenters. The Hall–Kier alpha value is -2.37. The molecule has 0 spiro atoms. The van der Waals surface area contributed by atoms with Crippen molar-refractivity contribution in [3.63, 3.8) is 0 Å². The molecule has 2 heterocycles. The largest absolute Gasteiger partial charge is 0.373 e. The molecule has 1 amide bonds. The van der Waals surface area contributed by atoms with Crippen molar-refractivity contribution in [3.8, 4) is 0 Å². The van der Waals surface area contributed by atoms with E-state index in [2.05, 4.69) is 20.8 Å². The molecule has 0 saturated heterocycles. The van der Waals surface area contributed by atoms with Gasteiger partial charge in [-0.2, -0.15) is 4.98 Å². The van der Waals surface area contributed by atoms with Crippen LogP contribution in [0.1, 0.15) is 17.3 Å². The molecular weight excluding hydrogens is 256 g/mol. The number of amides is 1. The number of hydrogen-bond donors (Lipinski definition) is 2. The highest BCUT2D eigenvalue weighted by atomic mass is 16.5. The third kappa shape index (κ3) is 2.64. The van der Waals surface area contributed by atoms with Crippen LogP contribution in [0.5, 0.6) is 0 Å². The summed E-state index contributed by atoms with van der Waals surface area (Å²) in [5.41, 5.74) is 2.22. The highest BCUT2D eigenvalue weighted by molar-refractivity contribution is 5.87. The van der Waals surface area contributed by atoms with Crippen molar-refractivity contribution in [1.29, 1.82) is 0 Å². The molecule has 6 heteroatoms. The van der Waals surface area contributed by atoms with E-state index < -0.39 is 0 Å². The summed E-state index contributed by atoms with van der Waals surface area (Å²) in [6, 6.07) is 7.78. The van der Waals surface area contributed by atoms with Gasteiger partial charge in [0.25, 0.3) is 0 Å². The zero-order valence-electron chi connectivity index (χ0n) is 11.2. The third-order valence-corrected chi connectivity index (χ3v) is 3.31. The number of nitrogens with zero attached hydrogens (tertiary/aromatic N) is 2. The zero-order chi connectivity index (χ0) is 13.9. The molecule has 0 saturated carbocycles. The lowest BCUT2D eigenvalue weighted by Crippen LogP contribution is -2.39. The Morgan fingerprint density at radius 1 is 1.50 bits per heavy atom. The monoisotopic (exact) mass is 272 g/mol. The second-order valence-electron chi connectivity index (χ2n) is 4.83. The molecule has 1 aliphatic heterocycles. The van der Waals surface area contributed by atoms with Crippen LogP contribution in [0.25, 0.3) is 0 Å². The molecule has 6 nitrogen and oxygen atoms in total. The van der Waals surface area contributed by atoms with Crippen LogP contribution in [0.2, 0.25) is 0 Å². The highest BCUT2D eigenvalue weighted by Crippen LogP contribution is 2.24. The van der Waals surface area contributed by atoms with Crippen molar-refractivity contribution >= 4 is 11.6 Å².